The molecule has 100 valence electrons. The van der Waals surface area contributed by atoms with Crippen molar-refractivity contribution >= 4 is 41.4 Å². The van der Waals surface area contributed by atoms with Gasteiger partial charge in [0.25, 0.3) is 0 Å². The third-order valence-electron chi connectivity index (χ3n) is 2.36. The molecule has 0 aromatic heterocycles. The van der Waals surface area contributed by atoms with Gasteiger partial charge in [-0.3, -0.25) is 0 Å². The summed E-state index contributed by atoms with van der Waals surface area (Å²) in [5.74, 6) is 0. The van der Waals surface area contributed by atoms with Crippen LogP contribution in [0.1, 0.15) is 0 Å². The minimum atomic E-state index is -1.99. The summed E-state index contributed by atoms with van der Waals surface area (Å²) in [5, 5.41) is 1.81. The van der Waals surface area contributed by atoms with Gasteiger partial charge in [-0.1, -0.05) is 32.8 Å². The van der Waals surface area contributed by atoms with Gasteiger partial charge in [0.1, 0.15) is 0 Å². The maximum atomic E-state index is 11.0. The summed E-state index contributed by atoms with van der Waals surface area (Å²) in [4.78, 5) is 0.707. The van der Waals surface area contributed by atoms with Crippen LogP contribution < -0.4 is 10.6 Å². The summed E-state index contributed by atoms with van der Waals surface area (Å²) >= 11 is -3.99. The molecule has 0 aliphatic rings. The van der Waals surface area contributed by atoms with Crippen LogP contribution in [-0.4, -0.2) is 17.5 Å². The predicted molar refractivity (Wildman–Crippen MR) is 78.5 cm³/mol. The summed E-state index contributed by atoms with van der Waals surface area (Å²) in [6.45, 7) is 0. The van der Waals surface area contributed by atoms with Crippen molar-refractivity contribution < 1.29 is 17.5 Å². The van der Waals surface area contributed by atoms with Crippen LogP contribution in [-0.2, 0) is 22.2 Å². The third-order valence-corrected chi connectivity index (χ3v) is 4.87. The lowest BCUT2D eigenvalue weighted by molar-refractivity contribution is 0.563. The van der Waals surface area contributed by atoms with Gasteiger partial charge in [0.2, 0.25) is 0 Å². The van der Waals surface area contributed by atoms with E-state index in [2.05, 4.69) is 0 Å². The molecule has 7 heteroatoms. The zero-order valence-electron chi connectivity index (χ0n) is 9.65. The SMILES string of the molecule is O=S(O)c1cccc(Pc2cccc(S(=O)O)c2)c1. The highest BCUT2D eigenvalue weighted by molar-refractivity contribution is 7.79. The first-order chi connectivity index (χ1) is 9.06. The molecule has 2 rings (SSSR count). The fourth-order valence-electron chi connectivity index (χ4n) is 1.53. The Hall–Kier alpha value is -0.910. The van der Waals surface area contributed by atoms with Gasteiger partial charge in [-0.25, -0.2) is 8.42 Å². The molecule has 2 atom stereocenters. The molecule has 0 aliphatic heterocycles. The van der Waals surface area contributed by atoms with Gasteiger partial charge in [0.05, 0.1) is 9.79 Å². The normalized spacial score (nSPS) is 14.6. The Bertz CT molecular complexity index is 590. The first kappa shape index (κ1) is 14.5. The second-order valence-corrected chi connectivity index (χ2v) is 7.02. The maximum Gasteiger partial charge on any atom is 0.186 e. The summed E-state index contributed by atoms with van der Waals surface area (Å²) in [6.07, 6.45) is 0. The van der Waals surface area contributed by atoms with Crippen molar-refractivity contribution in [1.82, 2.24) is 0 Å². The van der Waals surface area contributed by atoms with E-state index in [0.717, 1.165) is 10.6 Å². The molecule has 0 saturated heterocycles. The van der Waals surface area contributed by atoms with Crippen LogP contribution in [0.25, 0.3) is 0 Å². The molecule has 0 spiro atoms. The van der Waals surface area contributed by atoms with E-state index in [0.29, 0.717) is 9.79 Å². The van der Waals surface area contributed by atoms with Crippen LogP contribution in [0.2, 0.25) is 0 Å². The lowest BCUT2D eigenvalue weighted by Crippen LogP contribution is -2.06. The highest BCUT2D eigenvalue weighted by atomic mass is 32.2. The molecule has 0 radical (unpaired) electrons. The topological polar surface area (TPSA) is 74.6 Å². The summed E-state index contributed by atoms with van der Waals surface area (Å²) in [6, 6.07) is 13.7. The van der Waals surface area contributed by atoms with Crippen LogP contribution in [0.5, 0.6) is 0 Å². The fraction of sp³-hybridized carbons (Fsp3) is 0. The van der Waals surface area contributed by atoms with Gasteiger partial charge in [-0.2, -0.15) is 0 Å². The quantitative estimate of drug-likeness (QED) is 0.662. The molecule has 0 aliphatic carbocycles. The molecular weight excluding hydrogens is 303 g/mol. The maximum absolute atomic E-state index is 11.0. The lowest BCUT2D eigenvalue weighted by Gasteiger charge is -2.05. The van der Waals surface area contributed by atoms with E-state index in [1.165, 1.54) is 0 Å². The Balaban J connectivity index is 2.26. The minimum absolute atomic E-state index is 0.264. The molecule has 2 N–H and O–H groups in total. The highest BCUT2D eigenvalue weighted by Gasteiger charge is 2.04. The first-order valence-electron chi connectivity index (χ1n) is 5.25. The summed E-state index contributed by atoms with van der Waals surface area (Å²) in [5.41, 5.74) is 0. The zero-order chi connectivity index (χ0) is 13.8. The van der Waals surface area contributed by atoms with Crippen LogP contribution in [0.15, 0.2) is 58.3 Å². The standard InChI is InChI=1S/C12H11O4PS2/c13-18(14)11-5-1-3-9(7-11)17-10-4-2-6-12(8-10)19(15)16/h1-8,17H,(H,13,14)(H,15,16). The van der Waals surface area contributed by atoms with Gasteiger partial charge in [0, 0.05) is 0 Å². The van der Waals surface area contributed by atoms with Crippen LogP contribution in [0, 0.1) is 0 Å². The molecule has 0 amide bonds. The van der Waals surface area contributed by atoms with E-state index < -0.39 is 22.2 Å². The van der Waals surface area contributed by atoms with E-state index in [-0.39, 0.29) is 8.58 Å². The fourth-order valence-corrected chi connectivity index (χ4v) is 3.73. The zero-order valence-corrected chi connectivity index (χ0v) is 12.3. The van der Waals surface area contributed by atoms with Crippen molar-refractivity contribution in [1.29, 1.82) is 0 Å². The molecule has 0 fully saturated rings. The Kier molecular flexibility index (Phi) is 4.96. The van der Waals surface area contributed by atoms with Gasteiger partial charge in [0.15, 0.2) is 22.2 Å². The molecule has 0 heterocycles. The Labute approximate surface area is 117 Å². The molecule has 0 bridgehead atoms. The second kappa shape index (κ2) is 6.50. The molecule has 4 nitrogen and oxygen atoms in total. The van der Waals surface area contributed by atoms with Crippen LogP contribution in [0.4, 0.5) is 0 Å². The summed E-state index contributed by atoms with van der Waals surface area (Å²) in [7, 11) is 0.264. The van der Waals surface area contributed by atoms with Crippen molar-refractivity contribution in [2.45, 2.75) is 9.79 Å². The first-order valence-corrected chi connectivity index (χ1v) is 8.46. The van der Waals surface area contributed by atoms with Crippen LogP contribution in [0.3, 0.4) is 0 Å². The summed E-state index contributed by atoms with van der Waals surface area (Å²) < 4.78 is 40.0. The number of hydrogen-bond acceptors (Lipinski definition) is 2. The highest BCUT2D eigenvalue weighted by Crippen LogP contribution is 2.15. The molecular formula is C12H11O4PS2. The average Bonchev–Trinajstić information content (AvgIpc) is 2.39. The van der Waals surface area contributed by atoms with Gasteiger partial charge in [-0.05, 0) is 34.9 Å². The Morgan fingerprint density at radius 2 is 1.21 bits per heavy atom. The van der Waals surface area contributed by atoms with E-state index in [4.69, 9.17) is 9.11 Å². The minimum Gasteiger partial charge on any atom is -0.302 e. The Morgan fingerprint density at radius 1 is 0.789 bits per heavy atom. The molecule has 2 unspecified atom stereocenters. The van der Waals surface area contributed by atoms with Gasteiger partial charge < -0.3 is 9.11 Å². The van der Waals surface area contributed by atoms with E-state index >= 15 is 0 Å². The lowest BCUT2D eigenvalue weighted by atomic mass is 10.4. The Morgan fingerprint density at radius 3 is 1.58 bits per heavy atom. The molecule has 2 aromatic carbocycles. The van der Waals surface area contributed by atoms with Gasteiger partial charge >= 0.3 is 0 Å². The predicted octanol–water partition coefficient (Wildman–Crippen LogP) is 1.48. The van der Waals surface area contributed by atoms with Crippen molar-refractivity contribution in [3.63, 3.8) is 0 Å². The van der Waals surface area contributed by atoms with Crippen molar-refractivity contribution in [2.75, 3.05) is 0 Å². The number of rotatable bonds is 4. The van der Waals surface area contributed by atoms with E-state index in [1.807, 2.05) is 12.1 Å². The van der Waals surface area contributed by atoms with E-state index in [9.17, 15) is 8.42 Å². The van der Waals surface area contributed by atoms with Crippen molar-refractivity contribution in [3.8, 4) is 0 Å². The monoisotopic (exact) mass is 314 g/mol. The van der Waals surface area contributed by atoms with Crippen molar-refractivity contribution in [3.05, 3.63) is 48.5 Å². The average molecular weight is 314 g/mol. The molecule has 0 saturated carbocycles. The van der Waals surface area contributed by atoms with Crippen molar-refractivity contribution in [2.24, 2.45) is 0 Å². The smallest absolute Gasteiger partial charge is 0.186 e. The van der Waals surface area contributed by atoms with E-state index in [1.54, 1.807) is 36.4 Å². The third kappa shape index (κ3) is 4.03. The van der Waals surface area contributed by atoms with Crippen LogP contribution >= 0.6 is 8.58 Å². The molecule has 19 heavy (non-hydrogen) atoms. The number of benzene rings is 2. The molecule has 2 aromatic rings. The number of hydrogen-bond donors (Lipinski definition) is 2. The second-order valence-electron chi connectivity index (χ2n) is 3.68. The van der Waals surface area contributed by atoms with Gasteiger partial charge in [-0.15, -0.1) is 0 Å². The largest absolute Gasteiger partial charge is 0.302 e.